The van der Waals surface area contributed by atoms with Crippen LogP contribution in [0.3, 0.4) is 0 Å². The molecule has 2 aliphatic rings. The first kappa shape index (κ1) is 13.3. The highest BCUT2D eigenvalue weighted by Gasteiger charge is 2.47. The second-order valence-electron chi connectivity index (χ2n) is 6.52. The monoisotopic (exact) mass is 241 g/mol. The predicted molar refractivity (Wildman–Crippen MR) is 68.7 cm³/mol. The maximum absolute atomic E-state index is 9.70. The number of aliphatic hydroxyl groups excluding tert-OH is 2. The quantitative estimate of drug-likeness (QED) is 0.700. The molecule has 4 unspecified atom stereocenters. The van der Waals surface area contributed by atoms with E-state index in [0.29, 0.717) is 24.5 Å². The van der Waals surface area contributed by atoms with Crippen molar-refractivity contribution in [2.45, 2.75) is 58.1 Å². The van der Waals surface area contributed by atoms with E-state index >= 15 is 0 Å². The van der Waals surface area contributed by atoms with Gasteiger partial charge in [-0.15, -0.1) is 0 Å². The lowest BCUT2D eigenvalue weighted by molar-refractivity contribution is -0.0745. The van der Waals surface area contributed by atoms with Crippen LogP contribution in [-0.2, 0) is 0 Å². The van der Waals surface area contributed by atoms with E-state index in [2.05, 4.69) is 19.2 Å². The van der Waals surface area contributed by atoms with E-state index in [1.807, 2.05) is 0 Å². The number of aliphatic hydroxyl groups is 2. The van der Waals surface area contributed by atoms with Crippen molar-refractivity contribution >= 4 is 0 Å². The predicted octanol–water partition coefficient (Wildman–Crippen LogP) is 1.53. The van der Waals surface area contributed by atoms with E-state index in [9.17, 15) is 10.2 Å². The molecule has 0 heterocycles. The molecule has 2 fully saturated rings. The van der Waals surface area contributed by atoms with Crippen molar-refractivity contribution in [1.82, 2.24) is 5.32 Å². The van der Waals surface area contributed by atoms with E-state index in [4.69, 9.17) is 0 Å². The number of nitrogens with one attached hydrogen (secondary N) is 1. The Labute approximate surface area is 105 Å². The standard InChI is InChI=1S/C14H27NO2/c1-14(2)12(7-13(14)17)15-8-10-5-3-4-6-11(10)9-16/h10-13,15-17H,3-9H2,1-2H3. The Kier molecular flexibility index (Phi) is 4.11. The Balaban J connectivity index is 1.78. The molecule has 0 aromatic rings. The second-order valence-corrected chi connectivity index (χ2v) is 6.52. The zero-order valence-electron chi connectivity index (χ0n) is 11.2. The van der Waals surface area contributed by atoms with Crippen molar-refractivity contribution in [2.24, 2.45) is 17.3 Å². The van der Waals surface area contributed by atoms with Crippen LogP contribution in [0.5, 0.6) is 0 Å². The zero-order chi connectivity index (χ0) is 12.5. The molecule has 0 bridgehead atoms. The van der Waals surface area contributed by atoms with Gasteiger partial charge < -0.3 is 15.5 Å². The van der Waals surface area contributed by atoms with E-state index in [1.165, 1.54) is 25.7 Å². The molecule has 4 atom stereocenters. The Morgan fingerprint density at radius 3 is 2.35 bits per heavy atom. The molecule has 0 saturated heterocycles. The summed E-state index contributed by atoms with van der Waals surface area (Å²) in [4.78, 5) is 0. The molecule has 0 spiro atoms. The summed E-state index contributed by atoms with van der Waals surface area (Å²) in [5.41, 5.74) is 0.0172. The summed E-state index contributed by atoms with van der Waals surface area (Å²) in [6.07, 6.45) is 5.73. The molecule has 100 valence electrons. The van der Waals surface area contributed by atoms with Crippen LogP contribution in [0, 0.1) is 17.3 Å². The first-order valence-electron chi connectivity index (χ1n) is 7.08. The average Bonchev–Trinajstić information content (AvgIpc) is 2.34. The summed E-state index contributed by atoms with van der Waals surface area (Å²) >= 11 is 0. The van der Waals surface area contributed by atoms with Gasteiger partial charge in [-0.25, -0.2) is 0 Å². The third-order valence-electron chi connectivity index (χ3n) is 5.14. The molecule has 0 aromatic heterocycles. The zero-order valence-corrected chi connectivity index (χ0v) is 11.2. The summed E-state index contributed by atoms with van der Waals surface area (Å²) < 4.78 is 0. The summed E-state index contributed by atoms with van der Waals surface area (Å²) in [6, 6.07) is 0.443. The molecule has 0 aromatic carbocycles. The lowest BCUT2D eigenvalue weighted by Crippen LogP contribution is -2.60. The van der Waals surface area contributed by atoms with Crippen molar-refractivity contribution in [2.75, 3.05) is 13.2 Å². The normalized spacial score (nSPS) is 40.9. The fraction of sp³-hybridized carbons (Fsp3) is 1.00. The van der Waals surface area contributed by atoms with Crippen LogP contribution in [0.25, 0.3) is 0 Å². The molecule has 3 heteroatoms. The average molecular weight is 241 g/mol. The lowest BCUT2D eigenvalue weighted by Gasteiger charge is -2.50. The molecule has 17 heavy (non-hydrogen) atoms. The molecule has 3 N–H and O–H groups in total. The van der Waals surface area contributed by atoms with Crippen molar-refractivity contribution < 1.29 is 10.2 Å². The molecule has 2 saturated carbocycles. The van der Waals surface area contributed by atoms with Gasteiger partial charge in [-0.3, -0.25) is 0 Å². The van der Waals surface area contributed by atoms with E-state index in [1.54, 1.807) is 0 Å². The topological polar surface area (TPSA) is 52.5 Å². The molecule has 0 radical (unpaired) electrons. The molecule has 0 aliphatic heterocycles. The van der Waals surface area contributed by atoms with Gasteiger partial charge in [-0.05, 0) is 37.6 Å². The molecular formula is C14H27NO2. The number of hydrogen-bond acceptors (Lipinski definition) is 3. The maximum Gasteiger partial charge on any atom is 0.0621 e. The van der Waals surface area contributed by atoms with Gasteiger partial charge in [-0.2, -0.15) is 0 Å². The van der Waals surface area contributed by atoms with Gasteiger partial charge in [0.25, 0.3) is 0 Å². The summed E-state index contributed by atoms with van der Waals surface area (Å²) in [6.45, 7) is 5.60. The van der Waals surface area contributed by atoms with Gasteiger partial charge in [0.05, 0.1) is 6.10 Å². The van der Waals surface area contributed by atoms with Crippen molar-refractivity contribution in [3.05, 3.63) is 0 Å². The highest BCUT2D eigenvalue weighted by Crippen LogP contribution is 2.40. The largest absolute Gasteiger partial charge is 0.396 e. The highest BCUT2D eigenvalue weighted by molar-refractivity contribution is 5.01. The first-order valence-corrected chi connectivity index (χ1v) is 7.08. The van der Waals surface area contributed by atoms with E-state index < -0.39 is 0 Å². The smallest absolute Gasteiger partial charge is 0.0621 e. The number of rotatable bonds is 4. The van der Waals surface area contributed by atoms with Crippen LogP contribution in [0.15, 0.2) is 0 Å². The maximum atomic E-state index is 9.70. The molecule has 3 nitrogen and oxygen atoms in total. The van der Waals surface area contributed by atoms with Crippen LogP contribution >= 0.6 is 0 Å². The highest BCUT2D eigenvalue weighted by atomic mass is 16.3. The van der Waals surface area contributed by atoms with Crippen LogP contribution in [0.4, 0.5) is 0 Å². The molecule has 2 aliphatic carbocycles. The Morgan fingerprint density at radius 2 is 1.82 bits per heavy atom. The minimum Gasteiger partial charge on any atom is -0.396 e. The lowest BCUT2D eigenvalue weighted by atomic mass is 9.64. The van der Waals surface area contributed by atoms with Crippen LogP contribution in [0.2, 0.25) is 0 Å². The summed E-state index contributed by atoms with van der Waals surface area (Å²) in [5.74, 6) is 1.12. The van der Waals surface area contributed by atoms with Crippen molar-refractivity contribution in [3.63, 3.8) is 0 Å². The second kappa shape index (κ2) is 5.25. The van der Waals surface area contributed by atoms with E-state index in [-0.39, 0.29) is 11.5 Å². The number of hydrogen-bond donors (Lipinski definition) is 3. The molecule has 0 amide bonds. The first-order chi connectivity index (χ1) is 8.05. The van der Waals surface area contributed by atoms with Crippen LogP contribution < -0.4 is 5.32 Å². The SMILES string of the molecule is CC1(C)C(O)CC1NCC1CCCCC1CO. The Hall–Kier alpha value is -0.120. The fourth-order valence-electron chi connectivity index (χ4n) is 3.34. The van der Waals surface area contributed by atoms with Gasteiger partial charge >= 0.3 is 0 Å². The van der Waals surface area contributed by atoms with Gasteiger partial charge in [0, 0.05) is 18.1 Å². The van der Waals surface area contributed by atoms with Gasteiger partial charge in [0.15, 0.2) is 0 Å². The molecular weight excluding hydrogens is 214 g/mol. The fourth-order valence-corrected chi connectivity index (χ4v) is 3.34. The van der Waals surface area contributed by atoms with Gasteiger partial charge in [0.2, 0.25) is 0 Å². The van der Waals surface area contributed by atoms with Crippen LogP contribution in [-0.4, -0.2) is 35.5 Å². The van der Waals surface area contributed by atoms with Crippen LogP contribution in [0.1, 0.15) is 46.0 Å². The van der Waals surface area contributed by atoms with Crippen molar-refractivity contribution in [1.29, 1.82) is 0 Å². The summed E-state index contributed by atoms with van der Waals surface area (Å²) in [7, 11) is 0. The van der Waals surface area contributed by atoms with Gasteiger partial charge in [0.1, 0.15) is 0 Å². The Morgan fingerprint density at radius 1 is 1.18 bits per heavy atom. The minimum absolute atomic E-state index is 0.0172. The minimum atomic E-state index is -0.153. The summed E-state index contributed by atoms with van der Waals surface area (Å²) in [5, 5.41) is 22.7. The van der Waals surface area contributed by atoms with Gasteiger partial charge in [-0.1, -0.05) is 26.7 Å². The van der Waals surface area contributed by atoms with E-state index in [0.717, 1.165) is 13.0 Å². The molecule has 2 rings (SSSR count). The Bertz CT molecular complexity index is 255. The third kappa shape index (κ3) is 2.67. The third-order valence-corrected chi connectivity index (χ3v) is 5.14. The van der Waals surface area contributed by atoms with Crippen molar-refractivity contribution in [3.8, 4) is 0 Å².